The molecule has 1 aliphatic carbocycles. The van der Waals surface area contributed by atoms with Crippen molar-refractivity contribution in [3.05, 3.63) is 16.6 Å². The molecule has 2 N–H and O–H groups in total. The molecule has 14 heavy (non-hydrogen) atoms. The van der Waals surface area contributed by atoms with Gasteiger partial charge in [-0.05, 0) is 18.8 Å². The zero-order valence-electron chi connectivity index (χ0n) is 8.48. The number of hydrogen-bond donors (Lipinski definition) is 1. The maximum Gasteiger partial charge on any atom is 0.0795 e. The van der Waals surface area contributed by atoms with Crippen LogP contribution in [0.1, 0.15) is 50.3 Å². The maximum absolute atomic E-state index is 6.23. The van der Waals surface area contributed by atoms with Crippen LogP contribution < -0.4 is 5.73 Å². The summed E-state index contributed by atoms with van der Waals surface area (Å²) in [6, 6.07) is 0.180. The lowest BCUT2D eigenvalue weighted by molar-refractivity contribution is 0.378. The van der Waals surface area contributed by atoms with Gasteiger partial charge < -0.3 is 5.73 Å². The van der Waals surface area contributed by atoms with Crippen LogP contribution in [-0.2, 0) is 0 Å². The Morgan fingerprint density at radius 1 is 1.29 bits per heavy atom. The minimum absolute atomic E-state index is 0.180. The lowest BCUT2D eigenvalue weighted by atomic mass is 9.91. The van der Waals surface area contributed by atoms with E-state index >= 15 is 0 Å². The molecule has 1 aromatic rings. The zero-order valence-corrected chi connectivity index (χ0v) is 9.30. The lowest BCUT2D eigenvalue weighted by Gasteiger charge is -2.20. The molecule has 0 radical (unpaired) electrons. The Morgan fingerprint density at radius 3 is 2.57 bits per heavy atom. The number of thiazole rings is 1. The molecule has 0 spiro atoms. The van der Waals surface area contributed by atoms with E-state index in [1.54, 1.807) is 11.3 Å². The average Bonchev–Trinajstić information content (AvgIpc) is 2.59. The predicted molar refractivity (Wildman–Crippen MR) is 60.2 cm³/mol. The Labute approximate surface area is 89.5 Å². The summed E-state index contributed by atoms with van der Waals surface area (Å²) in [4.78, 5) is 4.32. The van der Waals surface area contributed by atoms with Gasteiger partial charge in [-0.25, -0.2) is 4.98 Å². The molecule has 1 heterocycles. The first-order chi connectivity index (χ1) is 6.88. The van der Waals surface area contributed by atoms with Gasteiger partial charge in [-0.3, -0.25) is 0 Å². The fourth-order valence-electron chi connectivity index (χ4n) is 2.30. The SMILES string of the molecule is NC(c1cscn1)C1CCCCCC1. The topological polar surface area (TPSA) is 38.9 Å². The highest BCUT2D eigenvalue weighted by Crippen LogP contribution is 2.31. The van der Waals surface area contributed by atoms with Gasteiger partial charge in [0.1, 0.15) is 0 Å². The summed E-state index contributed by atoms with van der Waals surface area (Å²) in [5, 5.41) is 2.09. The molecule has 1 aliphatic rings. The van der Waals surface area contributed by atoms with Crippen molar-refractivity contribution in [2.24, 2.45) is 11.7 Å². The molecule has 1 atom stereocenters. The Balaban J connectivity index is 1.99. The summed E-state index contributed by atoms with van der Waals surface area (Å²) < 4.78 is 0. The second-order valence-corrected chi connectivity index (χ2v) is 4.91. The molecular weight excluding hydrogens is 192 g/mol. The van der Waals surface area contributed by atoms with Crippen LogP contribution in [0, 0.1) is 5.92 Å². The van der Waals surface area contributed by atoms with Crippen molar-refractivity contribution < 1.29 is 0 Å². The molecule has 1 saturated carbocycles. The number of rotatable bonds is 2. The molecule has 1 fully saturated rings. The van der Waals surface area contributed by atoms with Gasteiger partial charge in [0.2, 0.25) is 0 Å². The Hall–Kier alpha value is -0.410. The van der Waals surface area contributed by atoms with Gasteiger partial charge in [0.05, 0.1) is 17.2 Å². The van der Waals surface area contributed by atoms with Gasteiger partial charge >= 0.3 is 0 Å². The highest BCUT2D eigenvalue weighted by molar-refractivity contribution is 7.07. The van der Waals surface area contributed by atoms with E-state index in [-0.39, 0.29) is 6.04 Å². The van der Waals surface area contributed by atoms with Crippen molar-refractivity contribution in [3.63, 3.8) is 0 Å². The highest BCUT2D eigenvalue weighted by atomic mass is 32.1. The average molecular weight is 210 g/mol. The summed E-state index contributed by atoms with van der Waals surface area (Å²) in [5.74, 6) is 0.666. The molecule has 3 heteroatoms. The largest absolute Gasteiger partial charge is 0.322 e. The van der Waals surface area contributed by atoms with Crippen LogP contribution in [0.15, 0.2) is 10.9 Å². The van der Waals surface area contributed by atoms with Crippen molar-refractivity contribution in [3.8, 4) is 0 Å². The quantitative estimate of drug-likeness (QED) is 0.762. The zero-order chi connectivity index (χ0) is 9.80. The molecule has 0 bridgehead atoms. The van der Waals surface area contributed by atoms with Crippen molar-refractivity contribution in [1.82, 2.24) is 4.98 Å². The molecule has 0 saturated heterocycles. The minimum Gasteiger partial charge on any atom is -0.322 e. The molecule has 2 nitrogen and oxygen atoms in total. The minimum atomic E-state index is 0.180. The maximum atomic E-state index is 6.23. The molecule has 1 aromatic heterocycles. The van der Waals surface area contributed by atoms with E-state index in [0.29, 0.717) is 5.92 Å². The second kappa shape index (κ2) is 4.89. The fraction of sp³-hybridized carbons (Fsp3) is 0.727. The third-order valence-corrected chi connectivity index (χ3v) is 3.81. The van der Waals surface area contributed by atoms with Crippen molar-refractivity contribution in [2.45, 2.75) is 44.6 Å². The van der Waals surface area contributed by atoms with E-state index < -0.39 is 0 Å². The smallest absolute Gasteiger partial charge is 0.0795 e. The van der Waals surface area contributed by atoms with Gasteiger partial charge in [0.25, 0.3) is 0 Å². The Morgan fingerprint density at radius 2 is 2.00 bits per heavy atom. The van der Waals surface area contributed by atoms with Crippen molar-refractivity contribution in [1.29, 1.82) is 0 Å². The lowest BCUT2D eigenvalue weighted by Crippen LogP contribution is -2.21. The third kappa shape index (κ3) is 2.34. The molecule has 0 amide bonds. The van der Waals surface area contributed by atoms with Gasteiger partial charge in [0, 0.05) is 5.38 Å². The van der Waals surface area contributed by atoms with Crippen LogP contribution in [0.4, 0.5) is 0 Å². The Bertz CT molecular complexity index is 250. The normalized spacial score (nSPS) is 21.8. The monoisotopic (exact) mass is 210 g/mol. The van der Waals surface area contributed by atoms with Gasteiger partial charge in [-0.15, -0.1) is 11.3 Å². The van der Waals surface area contributed by atoms with Gasteiger partial charge in [-0.1, -0.05) is 25.7 Å². The van der Waals surface area contributed by atoms with E-state index in [2.05, 4.69) is 10.4 Å². The summed E-state index contributed by atoms with van der Waals surface area (Å²) in [6.45, 7) is 0. The number of nitrogens with zero attached hydrogens (tertiary/aromatic N) is 1. The fourth-order valence-corrected chi connectivity index (χ4v) is 2.90. The van der Waals surface area contributed by atoms with Crippen molar-refractivity contribution >= 4 is 11.3 Å². The number of nitrogens with two attached hydrogens (primary N) is 1. The van der Waals surface area contributed by atoms with Crippen LogP contribution in [0.25, 0.3) is 0 Å². The summed E-state index contributed by atoms with van der Waals surface area (Å²) in [6.07, 6.45) is 8.06. The van der Waals surface area contributed by atoms with Crippen molar-refractivity contribution in [2.75, 3.05) is 0 Å². The third-order valence-electron chi connectivity index (χ3n) is 3.20. The molecule has 0 aliphatic heterocycles. The van der Waals surface area contributed by atoms with Gasteiger partial charge in [0.15, 0.2) is 0 Å². The molecule has 1 unspecified atom stereocenters. The molecule has 0 aromatic carbocycles. The summed E-state index contributed by atoms with van der Waals surface area (Å²) in [5.41, 5.74) is 9.21. The first-order valence-electron chi connectivity index (χ1n) is 5.51. The number of hydrogen-bond acceptors (Lipinski definition) is 3. The van der Waals surface area contributed by atoms with E-state index in [0.717, 1.165) is 5.69 Å². The molecule has 78 valence electrons. The molecular formula is C11H18N2S. The number of aromatic nitrogens is 1. The van der Waals surface area contributed by atoms with Crippen LogP contribution in [-0.4, -0.2) is 4.98 Å². The first kappa shape index (κ1) is 10.1. The highest BCUT2D eigenvalue weighted by Gasteiger charge is 2.21. The standard InChI is InChI=1S/C11H18N2S/c12-11(10-7-14-8-13-10)9-5-3-1-2-4-6-9/h7-9,11H,1-6,12H2. The van der Waals surface area contributed by atoms with Crippen LogP contribution in [0.3, 0.4) is 0 Å². The van der Waals surface area contributed by atoms with E-state index in [9.17, 15) is 0 Å². The first-order valence-corrected chi connectivity index (χ1v) is 6.46. The van der Waals surface area contributed by atoms with Crippen LogP contribution >= 0.6 is 11.3 Å². The van der Waals surface area contributed by atoms with E-state index in [1.807, 2.05) is 5.51 Å². The summed E-state index contributed by atoms with van der Waals surface area (Å²) in [7, 11) is 0. The van der Waals surface area contributed by atoms with Crippen LogP contribution in [0.2, 0.25) is 0 Å². The van der Waals surface area contributed by atoms with Gasteiger partial charge in [-0.2, -0.15) is 0 Å². The molecule has 2 rings (SSSR count). The van der Waals surface area contributed by atoms with Crippen LogP contribution in [0.5, 0.6) is 0 Å². The predicted octanol–water partition coefficient (Wildman–Crippen LogP) is 3.11. The second-order valence-electron chi connectivity index (χ2n) is 4.19. The Kier molecular flexibility index (Phi) is 3.54. The van der Waals surface area contributed by atoms with E-state index in [1.165, 1.54) is 38.5 Å². The summed E-state index contributed by atoms with van der Waals surface area (Å²) >= 11 is 1.65. The van der Waals surface area contributed by atoms with E-state index in [4.69, 9.17) is 5.73 Å².